The number of rotatable bonds is 6. The van der Waals surface area contributed by atoms with E-state index in [-0.39, 0.29) is 39.9 Å². The number of allylic oxidation sites excluding steroid dienone is 2. The minimum absolute atomic E-state index is 0.0337. The highest BCUT2D eigenvalue weighted by molar-refractivity contribution is 6.33. The third-order valence-electron chi connectivity index (χ3n) is 11.3. The quantitative estimate of drug-likeness (QED) is 0.114. The highest BCUT2D eigenvalue weighted by atomic mass is 35.5. The monoisotopic (exact) mass is 827 g/mol. The predicted molar refractivity (Wildman–Crippen MR) is 197 cm³/mol. The summed E-state index contributed by atoms with van der Waals surface area (Å²) in [5, 5.41) is 14.2. The Balaban J connectivity index is 1.29. The molecule has 1 aromatic heterocycles. The number of anilines is 2. The molecule has 3 heterocycles. The zero-order chi connectivity index (χ0) is 40.0. The molecule has 0 radical (unpaired) electrons. The van der Waals surface area contributed by atoms with Crippen LogP contribution in [0.25, 0.3) is 0 Å². The first-order valence-electron chi connectivity index (χ1n) is 17.2. The predicted octanol–water partition coefficient (Wildman–Crippen LogP) is 7.94. The van der Waals surface area contributed by atoms with Gasteiger partial charge in [-0.15, -0.1) is 0 Å². The van der Waals surface area contributed by atoms with Gasteiger partial charge < -0.3 is 5.11 Å². The summed E-state index contributed by atoms with van der Waals surface area (Å²) in [6.07, 6.45) is -3.30. The van der Waals surface area contributed by atoms with Gasteiger partial charge in [-0.3, -0.25) is 29.6 Å². The summed E-state index contributed by atoms with van der Waals surface area (Å²) in [5.41, 5.74) is 0.972. The lowest BCUT2D eigenvalue weighted by atomic mass is 9.49. The number of phenolic OH excluding ortho intramolecular Hbond substituents is 1. The molecule has 1 saturated carbocycles. The summed E-state index contributed by atoms with van der Waals surface area (Å²) in [6, 6.07) is 17.2. The van der Waals surface area contributed by atoms with Crippen molar-refractivity contribution in [3.05, 3.63) is 128 Å². The van der Waals surface area contributed by atoms with Crippen LogP contribution in [-0.2, 0) is 30.8 Å². The van der Waals surface area contributed by atoms with Crippen LogP contribution in [0.5, 0.6) is 5.75 Å². The fourth-order valence-corrected chi connectivity index (χ4v) is 9.48. The number of phenols is 1. The van der Waals surface area contributed by atoms with E-state index in [0.717, 1.165) is 33.2 Å². The number of fused-ring (bicyclic) bond motifs is 4. The number of carbonyl (C=O) groups is 4. The molecule has 10 nitrogen and oxygen atoms in total. The smallest absolute Gasteiger partial charge is 0.433 e. The molecule has 4 aliphatic rings. The van der Waals surface area contributed by atoms with Crippen LogP contribution in [0.2, 0.25) is 15.1 Å². The highest BCUT2D eigenvalue weighted by Crippen LogP contribution is 2.65. The van der Waals surface area contributed by atoms with Crippen molar-refractivity contribution in [3.63, 3.8) is 0 Å². The number of amides is 4. The van der Waals surface area contributed by atoms with Crippen LogP contribution in [0.15, 0.2) is 90.5 Å². The summed E-state index contributed by atoms with van der Waals surface area (Å²) in [7, 11) is 1.20. The van der Waals surface area contributed by atoms with Gasteiger partial charge in [0.15, 0.2) is 5.82 Å². The van der Waals surface area contributed by atoms with E-state index < -0.39 is 82.1 Å². The number of hydrogen-bond donors (Lipinski definition) is 2. The van der Waals surface area contributed by atoms with Gasteiger partial charge in [0.1, 0.15) is 17.3 Å². The van der Waals surface area contributed by atoms with Gasteiger partial charge >= 0.3 is 6.18 Å². The average Bonchev–Trinajstić information content (AvgIpc) is 3.54. The van der Waals surface area contributed by atoms with Gasteiger partial charge in [0.25, 0.3) is 23.6 Å². The number of pyridine rings is 1. The first-order chi connectivity index (χ1) is 26.5. The number of nitrogens with one attached hydrogen (secondary N) is 1. The van der Waals surface area contributed by atoms with Crippen LogP contribution in [0.3, 0.4) is 0 Å². The molecule has 0 spiro atoms. The van der Waals surface area contributed by atoms with Crippen LogP contribution >= 0.6 is 34.8 Å². The number of aromatic nitrogens is 1. The Morgan fingerprint density at radius 2 is 1.55 bits per heavy atom. The molecule has 4 aromatic rings. The number of benzene rings is 3. The lowest BCUT2D eigenvalue weighted by molar-refractivity contribution is -0.142. The van der Waals surface area contributed by atoms with Crippen molar-refractivity contribution in [1.29, 1.82) is 0 Å². The number of carbonyl (C=O) groups excluding carboxylic acids is 4. The largest absolute Gasteiger partial charge is 0.508 e. The minimum Gasteiger partial charge on any atom is -0.508 e. The zero-order valence-electron chi connectivity index (χ0n) is 28.9. The first-order valence-corrected chi connectivity index (χ1v) is 18.4. The fourth-order valence-electron chi connectivity index (χ4n) is 8.95. The molecule has 8 rings (SSSR count). The number of imide groups is 2. The average molecular weight is 829 g/mol. The molecule has 2 saturated heterocycles. The molecule has 288 valence electrons. The maximum absolute atomic E-state index is 15.2. The van der Waals surface area contributed by atoms with Crippen LogP contribution in [0.4, 0.5) is 29.1 Å². The fraction of sp³-hybridized carbons (Fsp3) is 0.256. The second kappa shape index (κ2) is 13.5. The van der Waals surface area contributed by atoms with Crippen LogP contribution in [0.1, 0.15) is 35.6 Å². The lowest BCUT2D eigenvalue weighted by Gasteiger charge is -2.50. The normalized spacial score (nSPS) is 25.9. The molecule has 6 atom stereocenters. The van der Waals surface area contributed by atoms with Crippen molar-refractivity contribution in [2.45, 2.75) is 30.4 Å². The van der Waals surface area contributed by atoms with Gasteiger partial charge in [0, 0.05) is 28.6 Å². The molecule has 2 aliphatic heterocycles. The molecule has 0 unspecified atom stereocenters. The molecule has 4 amide bonds. The van der Waals surface area contributed by atoms with Crippen molar-refractivity contribution in [3.8, 4) is 5.75 Å². The van der Waals surface area contributed by atoms with Crippen LogP contribution < -0.4 is 10.4 Å². The van der Waals surface area contributed by atoms with E-state index in [2.05, 4.69) is 10.4 Å². The van der Waals surface area contributed by atoms with Gasteiger partial charge in [0.05, 0.1) is 33.9 Å². The summed E-state index contributed by atoms with van der Waals surface area (Å²) in [4.78, 5) is 62.3. The Bertz CT molecular complexity index is 2360. The molecule has 3 fully saturated rings. The Kier molecular flexibility index (Phi) is 9.09. The second-order valence-electron chi connectivity index (χ2n) is 14.1. The van der Waals surface area contributed by atoms with Gasteiger partial charge in [-0.05, 0) is 91.1 Å². The third kappa shape index (κ3) is 5.71. The van der Waals surface area contributed by atoms with E-state index in [4.69, 9.17) is 34.8 Å². The molecule has 2 N–H and O–H groups in total. The molecule has 3 aromatic carbocycles. The molecule has 56 heavy (non-hydrogen) atoms. The number of hydrazine groups is 2. The van der Waals surface area contributed by atoms with E-state index in [0.29, 0.717) is 22.2 Å². The van der Waals surface area contributed by atoms with E-state index in [1.807, 2.05) is 0 Å². The summed E-state index contributed by atoms with van der Waals surface area (Å²) in [5.74, 6) is -9.67. The first kappa shape index (κ1) is 37.7. The lowest BCUT2D eigenvalue weighted by Crippen LogP contribution is -2.53. The Hall–Kier alpha value is -5.18. The van der Waals surface area contributed by atoms with Crippen LogP contribution in [-0.4, -0.2) is 50.8 Å². The Morgan fingerprint density at radius 3 is 2.23 bits per heavy atom. The van der Waals surface area contributed by atoms with Crippen molar-refractivity contribution in [1.82, 2.24) is 15.0 Å². The van der Waals surface area contributed by atoms with Crippen molar-refractivity contribution in [2.24, 2.45) is 23.7 Å². The van der Waals surface area contributed by atoms with Gasteiger partial charge in [0.2, 0.25) is 0 Å². The van der Waals surface area contributed by atoms with Crippen molar-refractivity contribution in [2.75, 3.05) is 17.5 Å². The van der Waals surface area contributed by atoms with E-state index in [1.54, 1.807) is 30.3 Å². The molecule has 17 heteroatoms. The third-order valence-corrected chi connectivity index (χ3v) is 12.0. The molecule has 2 aliphatic carbocycles. The van der Waals surface area contributed by atoms with Crippen LogP contribution in [0, 0.1) is 29.5 Å². The summed E-state index contributed by atoms with van der Waals surface area (Å²) < 4.78 is 54.9. The Labute approximate surface area is 331 Å². The number of nitrogens with zero attached hydrogens (tertiary/aromatic N) is 4. The maximum Gasteiger partial charge on any atom is 0.433 e. The summed E-state index contributed by atoms with van der Waals surface area (Å²) >= 11 is 19.1. The standard InChI is InChI=1S/C39H28Cl3F4N5O5/c1-49(33-28(42)13-15-30(47-33)39(44,45)46)51-34(53)24-12-11-23-25(31(24)36(51)55)17-27-35(54)50(48-22-9-7-21(43)8-10-22)37(56)38(27,18-2-4-19(40)5-3-18)32(23)26-16-20(41)6-14-29(26)52/h2-11,13-16,24-25,27,31-32,48,52H,12,17H2,1H3/t24-,25+,27-,31-,32+,38+/m0/s1. The number of aromatic hydroxyl groups is 1. The van der Waals surface area contributed by atoms with Gasteiger partial charge in [-0.25, -0.2) is 9.37 Å². The number of alkyl halides is 3. The maximum atomic E-state index is 15.2. The topological polar surface area (TPSA) is 123 Å². The summed E-state index contributed by atoms with van der Waals surface area (Å²) in [6.45, 7) is 0. The SMILES string of the molecule is CN(c1nc(C(F)(F)F)ccc1Cl)N1C(=O)[C@H]2[C@H](CC=C3[C@H]2C[C@H]2C(=O)N(Nc4ccc(F)cc4)C(=O)[C@@]2(c2ccc(Cl)cc2)[C@H]3c2cc(Cl)ccc2O)C1=O. The minimum atomic E-state index is -4.85. The molecular weight excluding hydrogens is 801 g/mol. The highest BCUT2D eigenvalue weighted by Gasteiger charge is 2.71. The zero-order valence-corrected chi connectivity index (χ0v) is 31.2. The molecular formula is C39H28Cl3F4N5O5. The number of halogens is 7. The van der Waals surface area contributed by atoms with Crippen molar-refractivity contribution < 1.29 is 41.8 Å². The van der Waals surface area contributed by atoms with Gasteiger partial charge in [-0.1, -0.05) is 58.6 Å². The second-order valence-corrected chi connectivity index (χ2v) is 15.4. The number of hydrogen-bond acceptors (Lipinski definition) is 8. The van der Waals surface area contributed by atoms with Gasteiger partial charge in [-0.2, -0.15) is 23.2 Å². The van der Waals surface area contributed by atoms with E-state index in [1.165, 1.54) is 37.4 Å². The van der Waals surface area contributed by atoms with Crippen molar-refractivity contribution >= 4 is 69.9 Å². The molecule has 0 bridgehead atoms. The van der Waals surface area contributed by atoms with E-state index >= 15 is 4.79 Å². The van der Waals surface area contributed by atoms with E-state index in [9.17, 15) is 37.1 Å². The Morgan fingerprint density at radius 1 is 0.875 bits per heavy atom.